The molecule has 4 bridgehead atoms. The summed E-state index contributed by atoms with van der Waals surface area (Å²) in [4.78, 5) is 8.69. The number of hydrogen-bond acceptors (Lipinski definition) is 8. The first-order valence-electron chi connectivity index (χ1n) is 11.7. The molecule has 163 valence electrons. The maximum Gasteiger partial charge on any atom is 0.257 e. The minimum absolute atomic E-state index is 0.0882. The lowest BCUT2D eigenvalue weighted by Crippen LogP contribution is -2.85. The predicted molar refractivity (Wildman–Crippen MR) is 119 cm³/mol. The number of fused-ring (bicyclic) bond motifs is 3. The average molecular weight is 447 g/mol. The second-order valence-electron chi connectivity index (χ2n) is 11.8. The monoisotopic (exact) mass is 446 g/mol. The fourth-order valence-electron chi connectivity index (χ4n) is 8.74. The molecule has 0 aromatic carbocycles. The lowest BCUT2D eigenvalue weighted by atomic mass is 9.35. The van der Waals surface area contributed by atoms with Crippen LogP contribution in [0.2, 0.25) is 0 Å². The van der Waals surface area contributed by atoms with Gasteiger partial charge in [-0.3, -0.25) is 4.90 Å². The van der Waals surface area contributed by atoms with Crippen molar-refractivity contribution in [3.63, 3.8) is 0 Å². The Morgan fingerprint density at radius 1 is 1.03 bits per heavy atom. The molecule has 1 radical (unpaired) electrons. The van der Waals surface area contributed by atoms with Gasteiger partial charge in [0.15, 0.2) is 4.87 Å². The summed E-state index contributed by atoms with van der Waals surface area (Å²) in [5.41, 5.74) is 0.220. The summed E-state index contributed by atoms with van der Waals surface area (Å²) in [5.74, 6) is 6.38. The first-order chi connectivity index (χ1) is 14.3. The van der Waals surface area contributed by atoms with E-state index in [9.17, 15) is 0 Å². The van der Waals surface area contributed by atoms with Gasteiger partial charge in [0, 0.05) is 59.6 Å². The molecule has 2 spiro atoms. The van der Waals surface area contributed by atoms with Crippen molar-refractivity contribution in [1.29, 1.82) is 0 Å². The van der Waals surface area contributed by atoms with E-state index in [0.717, 1.165) is 18.3 Å². The summed E-state index contributed by atoms with van der Waals surface area (Å²) < 4.78 is 4.46. The summed E-state index contributed by atoms with van der Waals surface area (Å²) in [6.45, 7) is 12.2. The third kappa shape index (κ3) is 1.79. The van der Waals surface area contributed by atoms with E-state index in [2.05, 4.69) is 54.2 Å². The van der Waals surface area contributed by atoms with E-state index in [1.807, 2.05) is 0 Å². The molecule has 7 unspecified atom stereocenters. The van der Waals surface area contributed by atoms with Crippen molar-refractivity contribution < 1.29 is 4.84 Å². The SMILES string of the molecule is CC1(C)C2CC([C]3CC4CC(N5CCSCC5)(C35N=NS5)C4(C)C)C3(N=NO3)C1C2. The molecule has 0 amide bonds. The van der Waals surface area contributed by atoms with Crippen molar-refractivity contribution in [1.82, 2.24) is 4.90 Å². The van der Waals surface area contributed by atoms with Crippen LogP contribution in [0.5, 0.6) is 0 Å². The lowest BCUT2D eigenvalue weighted by Gasteiger charge is -2.78. The fourth-order valence-corrected chi connectivity index (χ4v) is 10.9. The van der Waals surface area contributed by atoms with E-state index >= 15 is 0 Å². The van der Waals surface area contributed by atoms with Crippen molar-refractivity contribution in [3.8, 4) is 0 Å². The quantitative estimate of drug-likeness (QED) is 0.534. The smallest absolute Gasteiger partial charge is 0.257 e. The molecule has 3 aliphatic heterocycles. The van der Waals surface area contributed by atoms with Crippen LogP contribution < -0.4 is 0 Å². The van der Waals surface area contributed by atoms with E-state index < -0.39 is 5.72 Å². The molecule has 0 N–H and O–H groups in total. The third-order valence-electron chi connectivity index (χ3n) is 10.8. The average Bonchev–Trinajstić information content (AvgIpc) is 2.70. The van der Waals surface area contributed by atoms with Crippen molar-refractivity contribution in [3.05, 3.63) is 5.92 Å². The van der Waals surface area contributed by atoms with Crippen molar-refractivity contribution in [2.24, 2.45) is 54.5 Å². The normalized spacial score (nSPS) is 54.7. The first kappa shape index (κ1) is 19.2. The zero-order chi connectivity index (χ0) is 20.6. The molecule has 6 nitrogen and oxygen atoms in total. The lowest BCUT2D eigenvalue weighted by molar-refractivity contribution is -0.303. The molecule has 3 heterocycles. The second-order valence-corrected chi connectivity index (χ2v) is 14.0. The standard InChI is InChI=1S/C22H32N5OS2/c1-18(2)13-9-15(21(17(18)11-13)23-25-28-21)16-10-14-12-20(19(14,3)4,22(16)24-26-30-22)27-5-7-29-8-6-27/h13-15,17H,5-12H2,1-4H3. The molecular weight excluding hydrogens is 414 g/mol. The van der Waals surface area contributed by atoms with Gasteiger partial charge >= 0.3 is 0 Å². The summed E-state index contributed by atoms with van der Waals surface area (Å²) in [5, 5.41) is 13.8. The molecule has 1 saturated heterocycles. The second kappa shape index (κ2) is 5.58. The Morgan fingerprint density at radius 2 is 1.77 bits per heavy atom. The minimum atomic E-state index is -0.431. The summed E-state index contributed by atoms with van der Waals surface area (Å²) in [7, 11) is 0. The van der Waals surface area contributed by atoms with Gasteiger partial charge in [-0.15, -0.1) is 9.63 Å². The molecule has 0 aromatic rings. The van der Waals surface area contributed by atoms with Gasteiger partial charge in [-0.2, -0.15) is 16.9 Å². The van der Waals surface area contributed by atoms with Gasteiger partial charge in [0.05, 0.1) is 5.54 Å². The maximum absolute atomic E-state index is 6.09. The summed E-state index contributed by atoms with van der Waals surface area (Å²) in [6, 6.07) is 0. The van der Waals surface area contributed by atoms with E-state index in [1.165, 1.54) is 43.9 Å². The Hall–Kier alpha value is -0.340. The van der Waals surface area contributed by atoms with Crippen LogP contribution in [0.25, 0.3) is 0 Å². The Kier molecular flexibility index (Phi) is 3.57. The molecule has 30 heavy (non-hydrogen) atoms. The predicted octanol–water partition coefficient (Wildman–Crippen LogP) is 5.38. The van der Waals surface area contributed by atoms with Gasteiger partial charge in [0.2, 0.25) is 0 Å². The molecule has 6 saturated carbocycles. The Bertz CT molecular complexity index is 856. The van der Waals surface area contributed by atoms with Crippen LogP contribution in [0.1, 0.15) is 53.4 Å². The molecule has 9 aliphatic rings. The Labute approximate surface area is 187 Å². The molecule has 7 atom stereocenters. The van der Waals surface area contributed by atoms with E-state index in [-0.39, 0.29) is 15.8 Å². The van der Waals surface area contributed by atoms with Gasteiger partial charge < -0.3 is 4.84 Å². The minimum Gasteiger partial charge on any atom is -0.346 e. The molecular formula is C22H32N5OS2. The van der Waals surface area contributed by atoms with Gasteiger partial charge in [-0.25, -0.2) is 0 Å². The zero-order valence-electron chi connectivity index (χ0n) is 18.4. The van der Waals surface area contributed by atoms with Crippen molar-refractivity contribution >= 4 is 23.7 Å². The topological polar surface area (TPSA) is 61.9 Å². The van der Waals surface area contributed by atoms with Crippen LogP contribution in [0, 0.1) is 40.4 Å². The summed E-state index contributed by atoms with van der Waals surface area (Å²) in [6.07, 6.45) is 4.84. The first-order valence-corrected chi connectivity index (χ1v) is 13.6. The highest BCUT2D eigenvalue weighted by Gasteiger charge is 2.83. The van der Waals surface area contributed by atoms with Crippen molar-refractivity contribution in [2.75, 3.05) is 24.6 Å². The number of rotatable bonds is 2. The largest absolute Gasteiger partial charge is 0.346 e. The van der Waals surface area contributed by atoms with Gasteiger partial charge in [-0.05, 0) is 48.3 Å². The molecule has 6 aliphatic carbocycles. The highest BCUT2D eigenvalue weighted by atomic mass is 32.2. The van der Waals surface area contributed by atoms with Gasteiger partial charge in [0.1, 0.15) is 0 Å². The van der Waals surface area contributed by atoms with Crippen LogP contribution >= 0.6 is 23.7 Å². The third-order valence-corrected chi connectivity index (χ3v) is 12.8. The Morgan fingerprint density at radius 3 is 2.30 bits per heavy atom. The van der Waals surface area contributed by atoms with Crippen LogP contribution in [0.3, 0.4) is 0 Å². The van der Waals surface area contributed by atoms with Crippen LogP contribution in [-0.4, -0.2) is 45.6 Å². The molecule has 9 rings (SSSR count). The van der Waals surface area contributed by atoms with E-state index in [4.69, 9.17) is 15.1 Å². The maximum atomic E-state index is 6.09. The van der Waals surface area contributed by atoms with Crippen LogP contribution in [-0.2, 0) is 4.84 Å². The number of nitrogens with zero attached hydrogens (tertiary/aromatic N) is 5. The van der Waals surface area contributed by atoms with Crippen LogP contribution in [0.4, 0.5) is 0 Å². The van der Waals surface area contributed by atoms with E-state index in [0.29, 0.717) is 17.3 Å². The number of hydrogen-bond donors (Lipinski definition) is 0. The van der Waals surface area contributed by atoms with Gasteiger partial charge in [0.25, 0.3) is 5.72 Å². The van der Waals surface area contributed by atoms with Crippen molar-refractivity contribution in [2.45, 2.75) is 69.5 Å². The van der Waals surface area contributed by atoms with E-state index in [1.54, 1.807) is 17.9 Å². The molecule has 8 heteroatoms. The number of thioether (sulfide) groups is 1. The highest BCUT2D eigenvalue weighted by molar-refractivity contribution is 8.00. The Balaban J connectivity index is 1.32. The van der Waals surface area contributed by atoms with Gasteiger partial charge in [-0.1, -0.05) is 27.7 Å². The molecule has 0 aromatic heterocycles. The molecule has 7 fully saturated rings. The fraction of sp³-hybridized carbons (Fsp3) is 0.955. The highest BCUT2D eigenvalue weighted by Crippen LogP contribution is 2.80. The zero-order valence-corrected chi connectivity index (χ0v) is 20.1. The van der Waals surface area contributed by atoms with Crippen LogP contribution in [0.15, 0.2) is 20.0 Å². The summed E-state index contributed by atoms with van der Waals surface area (Å²) >= 11 is 3.86.